The van der Waals surface area contributed by atoms with Crippen molar-refractivity contribution in [3.05, 3.63) is 35.0 Å². The molecule has 4 N–H and O–H groups in total. The van der Waals surface area contributed by atoms with Crippen LogP contribution in [0.15, 0.2) is 22.6 Å². The fourth-order valence-electron chi connectivity index (χ4n) is 4.14. The maximum atomic E-state index is 14.1. The van der Waals surface area contributed by atoms with E-state index in [4.69, 9.17) is 21.8 Å². The maximum Gasteiger partial charge on any atom is 0.223 e. The summed E-state index contributed by atoms with van der Waals surface area (Å²) < 4.78 is 33.3. The molecule has 1 fully saturated rings. The number of nitrogens with two attached hydrogens (primary N) is 1. The molecule has 154 valence electrons. The molecule has 0 amide bonds. The Balaban J connectivity index is 1.82. The SMILES string of the molecule is CC1C(CO)CCC1(C)Nc1nc(N)nc(Cl)c1-c1cc2cc(F)cc(F)c2o1. The monoisotopic (exact) mass is 422 g/mol. The molecule has 2 aromatic heterocycles. The lowest BCUT2D eigenvalue weighted by atomic mass is 9.86. The van der Waals surface area contributed by atoms with Gasteiger partial charge in [0.1, 0.15) is 22.5 Å². The van der Waals surface area contributed by atoms with Crippen molar-refractivity contribution in [3.8, 4) is 11.3 Å². The summed E-state index contributed by atoms with van der Waals surface area (Å²) in [7, 11) is 0. The number of hydrogen-bond donors (Lipinski definition) is 3. The van der Waals surface area contributed by atoms with Gasteiger partial charge in [-0.3, -0.25) is 0 Å². The Morgan fingerprint density at radius 2 is 2.10 bits per heavy atom. The second kappa shape index (κ2) is 7.11. The van der Waals surface area contributed by atoms with Crippen LogP contribution in [0, 0.1) is 23.5 Å². The molecule has 0 saturated heterocycles. The summed E-state index contributed by atoms with van der Waals surface area (Å²) in [5, 5.41) is 13.3. The molecule has 3 aromatic rings. The van der Waals surface area contributed by atoms with Crippen molar-refractivity contribution in [1.29, 1.82) is 0 Å². The van der Waals surface area contributed by atoms with Crippen molar-refractivity contribution < 1.29 is 18.3 Å². The Hall–Kier alpha value is -2.45. The number of aromatic nitrogens is 2. The first-order valence-electron chi connectivity index (χ1n) is 9.33. The van der Waals surface area contributed by atoms with Gasteiger partial charge in [-0.1, -0.05) is 18.5 Å². The highest BCUT2D eigenvalue weighted by Gasteiger charge is 2.43. The Morgan fingerprint density at radius 3 is 2.79 bits per heavy atom. The number of aliphatic hydroxyl groups excluding tert-OH is 1. The van der Waals surface area contributed by atoms with E-state index in [2.05, 4.69) is 22.2 Å². The average molecular weight is 423 g/mol. The normalized spacial score (nSPS) is 24.3. The van der Waals surface area contributed by atoms with Crippen LogP contribution in [0.3, 0.4) is 0 Å². The number of aliphatic hydroxyl groups is 1. The van der Waals surface area contributed by atoms with Gasteiger partial charge in [0.05, 0.1) is 5.56 Å². The third-order valence-corrected chi connectivity index (χ3v) is 6.32. The second-order valence-electron chi connectivity index (χ2n) is 7.83. The lowest BCUT2D eigenvalue weighted by Crippen LogP contribution is -2.40. The van der Waals surface area contributed by atoms with Gasteiger partial charge in [0.2, 0.25) is 5.95 Å². The average Bonchev–Trinajstić information content (AvgIpc) is 3.16. The molecule has 29 heavy (non-hydrogen) atoms. The van der Waals surface area contributed by atoms with Crippen molar-refractivity contribution in [2.75, 3.05) is 17.7 Å². The molecule has 0 aliphatic heterocycles. The van der Waals surface area contributed by atoms with Gasteiger partial charge in [-0.05, 0) is 43.7 Å². The first kappa shape index (κ1) is 19.8. The van der Waals surface area contributed by atoms with Crippen molar-refractivity contribution in [3.63, 3.8) is 0 Å². The summed E-state index contributed by atoms with van der Waals surface area (Å²) in [4.78, 5) is 8.29. The van der Waals surface area contributed by atoms with Gasteiger partial charge in [0.25, 0.3) is 0 Å². The summed E-state index contributed by atoms with van der Waals surface area (Å²) in [5.41, 5.74) is 5.66. The number of fused-ring (bicyclic) bond motifs is 1. The molecule has 0 spiro atoms. The standard InChI is InChI=1S/C20H21ClF2N4O2/c1-9-10(8-28)3-4-20(9,2)27-18-15(17(21)25-19(24)26-18)14-6-11-5-12(22)7-13(23)16(11)29-14/h5-7,9-10,28H,3-4,8H2,1-2H3,(H3,24,25,26,27). The maximum absolute atomic E-state index is 14.1. The molecule has 3 unspecified atom stereocenters. The first-order chi connectivity index (χ1) is 13.7. The molecule has 0 radical (unpaired) electrons. The van der Waals surface area contributed by atoms with Gasteiger partial charge in [-0.25, -0.2) is 13.8 Å². The highest BCUT2D eigenvalue weighted by molar-refractivity contribution is 6.32. The summed E-state index contributed by atoms with van der Waals surface area (Å²) in [6.45, 7) is 4.20. The predicted molar refractivity (Wildman–Crippen MR) is 108 cm³/mol. The number of nitrogens with one attached hydrogen (secondary N) is 1. The first-order valence-corrected chi connectivity index (χ1v) is 9.70. The van der Waals surface area contributed by atoms with Gasteiger partial charge in [0.15, 0.2) is 11.4 Å². The molecular weight excluding hydrogens is 402 g/mol. The van der Waals surface area contributed by atoms with Gasteiger partial charge in [0, 0.05) is 23.6 Å². The summed E-state index contributed by atoms with van der Waals surface area (Å²) >= 11 is 6.35. The number of anilines is 2. The number of furan rings is 1. The van der Waals surface area contributed by atoms with E-state index in [1.807, 2.05) is 6.92 Å². The van der Waals surface area contributed by atoms with Gasteiger partial charge in [-0.2, -0.15) is 4.98 Å². The minimum Gasteiger partial charge on any atom is -0.453 e. The van der Waals surface area contributed by atoms with Crippen LogP contribution in [0.2, 0.25) is 5.15 Å². The Labute approximate surface area is 171 Å². The minimum absolute atomic E-state index is 0.0254. The van der Waals surface area contributed by atoms with Crippen molar-refractivity contribution in [2.24, 2.45) is 11.8 Å². The van der Waals surface area contributed by atoms with Crippen LogP contribution in [0.4, 0.5) is 20.5 Å². The Bertz CT molecular complexity index is 1090. The molecule has 1 aromatic carbocycles. The number of halogens is 3. The fraction of sp³-hybridized carbons (Fsp3) is 0.400. The van der Waals surface area contributed by atoms with Crippen molar-refractivity contribution >= 4 is 34.3 Å². The molecule has 6 nitrogen and oxygen atoms in total. The number of benzene rings is 1. The number of hydrogen-bond acceptors (Lipinski definition) is 6. The zero-order valence-electron chi connectivity index (χ0n) is 16.0. The summed E-state index contributed by atoms with van der Waals surface area (Å²) in [6.07, 6.45) is 1.67. The molecular formula is C20H21ClF2N4O2. The van der Waals surface area contributed by atoms with Crippen LogP contribution >= 0.6 is 11.6 Å². The zero-order valence-corrected chi connectivity index (χ0v) is 16.7. The largest absolute Gasteiger partial charge is 0.453 e. The van der Waals surface area contributed by atoms with Crippen molar-refractivity contribution in [2.45, 2.75) is 32.2 Å². The molecule has 9 heteroatoms. The third kappa shape index (κ3) is 3.40. The minimum atomic E-state index is -0.810. The molecule has 1 saturated carbocycles. The van der Waals surface area contributed by atoms with E-state index in [-0.39, 0.29) is 51.8 Å². The van der Waals surface area contributed by atoms with Gasteiger partial charge >= 0.3 is 0 Å². The number of rotatable bonds is 4. The Kier molecular flexibility index (Phi) is 4.86. The van der Waals surface area contributed by atoms with Crippen molar-refractivity contribution in [1.82, 2.24) is 9.97 Å². The second-order valence-corrected chi connectivity index (χ2v) is 8.18. The van der Waals surface area contributed by atoms with Crippen LogP contribution in [0.25, 0.3) is 22.3 Å². The number of nitrogens with zero attached hydrogens (tertiary/aromatic N) is 2. The van der Waals surface area contributed by atoms with Crippen LogP contribution < -0.4 is 11.1 Å². The molecule has 0 bridgehead atoms. The molecule has 2 heterocycles. The highest BCUT2D eigenvalue weighted by Crippen LogP contribution is 2.44. The molecule has 1 aliphatic carbocycles. The predicted octanol–water partition coefficient (Wildman–Crippen LogP) is 4.61. The fourth-order valence-corrected chi connectivity index (χ4v) is 4.41. The van der Waals surface area contributed by atoms with E-state index >= 15 is 0 Å². The van der Waals surface area contributed by atoms with E-state index in [1.54, 1.807) is 0 Å². The van der Waals surface area contributed by atoms with E-state index in [0.717, 1.165) is 18.9 Å². The lowest BCUT2D eigenvalue weighted by Gasteiger charge is -2.33. The zero-order chi connectivity index (χ0) is 20.9. The quantitative estimate of drug-likeness (QED) is 0.531. The third-order valence-electron chi connectivity index (χ3n) is 6.05. The Morgan fingerprint density at radius 1 is 1.34 bits per heavy atom. The molecule has 4 rings (SSSR count). The topological polar surface area (TPSA) is 97.2 Å². The van der Waals surface area contributed by atoms with Crippen LogP contribution in [0.5, 0.6) is 0 Å². The van der Waals surface area contributed by atoms with Crippen LogP contribution in [0.1, 0.15) is 26.7 Å². The highest BCUT2D eigenvalue weighted by atomic mass is 35.5. The van der Waals surface area contributed by atoms with E-state index < -0.39 is 11.6 Å². The lowest BCUT2D eigenvalue weighted by molar-refractivity contribution is 0.187. The summed E-state index contributed by atoms with van der Waals surface area (Å²) in [5.74, 6) is -0.688. The van der Waals surface area contributed by atoms with E-state index in [0.29, 0.717) is 11.4 Å². The van der Waals surface area contributed by atoms with Gasteiger partial charge in [-0.15, -0.1) is 0 Å². The molecule has 3 atom stereocenters. The summed E-state index contributed by atoms with van der Waals surface area (Å²) in [6, 6.07) is 3.42. The van der Waals surface area contributed by atoms with E-state index in [9.17, 15) is 13.9 Å². The van der Waals surface area contributed by atoms with E-state index in [1.165, 1.54) is 12.1 Å². The van der Waals surface area contributed by atoms with Gasteiger partial charge < -0.3 is 20.6 Å². The van der Waals surface area contributed by atoms with Crippen LogP contribution in [-0.4, -0.2) is 27.2 Å². The number of nitrogen functional groups attached to an aromatic ring is 1. The molecule has 1 aliphatic rings. The van der Waals surface area contributed by atoms with Crippen LogP contribution in [-0.2, 0) is 0 Å². The smallest absolute Gasteiger partial charge is 0.223 e.